The molecule has 1 aromatic heterocycles. The number of benzene rings is 2. The number of hydrogen-bond donors (Lipinski definition) is 1. The van der Waals surface area contributed by atoms with E-state index in [2.05, 4.69) is 4.98 Å². The van der Waals surface area contributed by atoms with Crippen molar-refractivity contribution in [3.63, 3.8) is 0 Å². The summed E-state index contributed by atoms with van der Waals surface area (Å²) in [6.07, 6.45) is 0. The first-order valence-electron chi connectivity index (χ1n) is 6.43. The molecule has 0 spiro atoms. The van der Waals surface area contributed by atoms with Crippen LogP contribution in [0.3, 0.4) is 0 Å². The molecule has 0 aliphatic carbocycles. The molecule has 2 N–H and O–H groups in total. The Kier molecular flexibility index (Phi) is 5.92. The number of pyridine rings is 1. The van der Waals surface area contributed by atoms with Crippen LogP contribution < -0.4 is 5.73 Å². The van der Waals surface area contributed by atoms with Crippen molar-refractivity contribution >= 4 is 41.6 Å². The van der Waals surface area contributed by atoms with Crippen LogP contribution in [-0.4, -0.2) is 10.9 Å². The van der Waals surface area contributed by atoms with Gasteiger partial charge in [-0.3, -0.25) is 4.79 Å². The first-order chi connectivity index (χ1) is 9.68. The molecule has 3 nitrogen and oxygen atoms in total. The van der Waals surface area contributed by atoms with Crippen LogP contribution in [-0.2, 0) is 0 Å². The first kappa shape index (κ1) is 18.0. The first-order valence-corrected chi connectivity index (χ1v) is 6.43. The summed E-state index contributed by atoms with van der Waals surface area (Å²) >= 11 is 0. The van der Waals surface area contributed by atoms with Gasteiger partial charge in [-0.2, -0.15) is 0 Å². The lowest BCUT2D eigenvalue weighted by Gasteiger charge is -2.12. The second kappa shape index (κ2) is 7.25. The Morgan fingerprint density at radius 1 is 0.955 bits per heavy atom. The van der Waals surface area contributed by atoms with Crippen molar-refractivity contribution in [3.05, 3.63) is 65.7 Å². The minimum absolute atomic E-state index is 0. The predicted molar refractivity (Wildman–Crippen MR) is 94.9 cm³/mol. The topological polar surface area (TPSA) is 56.0 Å². The van der Waals surface area contributed by atoms with E-state index in [9.17, 15) is 4.79 Å². The van der Waals surface area contributed by atoms with Crippen molar-refractivity contribution in [3.8, 4) is 11.3 Å². The standard InChI is InChI=1S/C17H14N2O.2ClH/c1-11-15(17(18)20)13-9-5-6-10-14(13)19-16(11)12-7-3-2-4-8-12;;/h2-10H,1H3,(H2,18,20);2*1H. The Morgan fingerprint density at radius 2 is 1.55 bits per heavy atom. The van der Waals surface area contributed by atoms with Crippen molar-refractivity contribution in [1.82, 2.24) is 4.98 Å². The minimum Gasteiger partial charge on any atom is -0.366 e. The number of halogens is 2. The second-order valence-electron chi connectivity index (χ2n) is 4.71. The van der Waals surface area contributed by atoms with Crippen LogP contribution in [0.2, 0.25) is 0 Å². The highest BCUT2D eigenvalue weighted by atomic mass is 35.5. The summed E-state index contributed by atoms with van der Waals surface area (Å²) in [5.74, 6) is -0.418. The zero-order valence-electron chi connectivity index (χ0n) is 11.9. The number of nitrogens with zero attached hydrogens (tertiary/aromatic N) is 1. The Balaban J connectivity index is 0.00000121. The third-order valence-electron chi connectivity index (χ3n) is 3.43. The van der Waals surface area contributed by atoms with E-state index in [1.165, 1.54) is 0 Å². The molecule has 3 rings (SSSR count). The summed E-state index contributed by atoms with van der Waals surface area (Å²) in [7, 11) is 0. The van der Waals surface area contributed by atoms with Crippen LogP contribution in [0.5, 0.6) is 0 Å². The monoisotopic (exact) mass is 334 g/mol. The van der Waals surface area contributed by atoms with Gasteiger partial charge in [-0.15, -0.1) is 24.8 Å². The number of nitrogens with two attached hydrogens (primary N) is 1. The molecular formula is C17H16Cl2N2O. The van der Waals surface area contributed by atoms with E-state index in [4.69, 9.17) is 5.73 Å². The van der Waals surface area contributed by atoms with Crippen LogP contribution in [0, 0.1) is 6.92 Å². The van der Waals surface area contributed by atoms with Gasteiger partial charge in [-0.25, -0.2) is 4.98 Å². The van der Waals surface area contributed by atoms with Gasteiger partial charge >= 0.3 is 0 Å². The zero-order valence-corrected chi connectivity index (χ0v) is 13.6. The van der Waals surface area contributed by atoms with Crippen LogP contribution in [0.15, 0.2) is 54.6 Å². The van der Waals surface area contributed by atoms with Gasteiger partial charge in [-0.05, 0) is 18.6 Å². The van der Waals surface area contributed by atoms with Crippen LogP contribution >= 0.6 is 24.8 Å². The summed E-state index contributed by atoms with van der Waals surface area (Å²) in [5.41, 5.74) is 9.50. The highest BCUT2D eigenvalue weighted by molar-refractivity contribution is 6.08. The van der Waals surface area contributed by atoms with Gasteiger partial charge in [0, 0.05) is 10.9 Å². The lowest BCUT2D eigenvalue weighted by atomic mass is 9.97. The van der Waals surface area contributed by atoms with Gasteiger partial charge in [0.2, 0.25) is 5.91 Å². The number of para-hydroxylation sites is 1. The average Bonchev–Trinajstić information content (AvgIpc) is 2.47. The molecule has 0 aliphatic rings. The fraction of sp³-hybridized carbons (Fsp3) is 0.0588. The largest absolute Gasteiger partial charge is 0.366 e. The molecule has 0 saturated carbocycles. The highest BCUT2D eigenvalue weighted by Crippen LogP contribution is 2.29. The quantitative estimate of drug-likeness (QED) is 0.765. The molecular weight excluding hydrogens is 319 g/mol. The Hall–Kier alpha value is -2.10. The molecule has 3 aromatic rings. The molecule has 2 aromatic carbocycles. The zero-order chi connectivity index (χ0) is 14.1. The number of amides is 1. The van der Waals surface area contributed by atoms with Gasteiger partial charge < -0.3 is 5.73 Å². The summed E-state index contributed by atoms with van der Waals surface area (Å²) in [5, 5.41) is 0.803. The third kappa shape index (κ3) is 3.06. The van der Waals surface area contributed by atoms with E-state index >= 15 is 0 Å². The Bertz CT molecular complexity index is 804. The van der Waals surface area contributed by atoms with E-state index < -0.39 is 5.91 Å². The molecule has 0 saturated heterocycles. The average molecular weight is 335 g/mol. The summed E-state index contributed by atoms with van der Waals surface area (Å²) in [6.45, 7) is 1.89. The number of hydrogen-bond acceptors (Lipinski definition) is 2. The molecule has 0 unspecified atom stereocenters. The lowest BCUT2D eigenvalue weighted by molar-refractivity contribution is 0.100. The molecule has 0 radical (unpaired) electrons. The maximum atomic E-state index is 11.8. The number of carbonyl (C=O) groups excluding carboxylic acids is 1. The molecule has 114 valence electrons. The van der Waals surface area contributed by atoms with Crippen molar-refractivity contribution < 1.29 is 4.79 Å². The van der Waals surface area contributed by atoms with Crippen LogP contribution in [0.25, 0.3) is 22.2 Å². The van der Waals surface area contributed by atoms with E-state index in [0.29, 0.717) is 5.56 Å². The highest BCUT2D eigenvalue weighted by Gasteiger charge is 2.16. The van der Waals surface area contributed by atoms with Gasteiger partial charge in [0.25, 0.3) is 0 Å². The number of aromatic nitrogens is 1. The van der Waals surface area contributed by atoms with Crippen LogP contribution in [0.4, 0.5) is 0 Å². The minimum atomic E-state index is -0.418. The Morgan fingerprint density at radius 3 is 2.18 bits per heavy atom. The molecule has 0 atom stereocenters. The van der Waals surface area contributed by atoms with E-state index in [1.807, 2.05) is 61.5 Å². The smallest absolute Gasteiger partial charge is 0.249 e. The lowest BCUT2D eigenvalue weighted by Crippen LogP contribution is -2.14. The molecule has 22 heavy (non-hydrogen) atoms. The van der Waals surface area contributed by atoms with Crippen molar-refractivity contribution in [2.45, 2.75) is 6.92 Å². The number of rotatable bonds is 2. The van der Waals surface area contributed by atoms with Crippen molar-refractivity contribution in [2.75, 3.05) is 0 Å². The number of carbonyl (C=O) groups is 1. The maximum absolute atomic E-state index is 11.8. The second-order valence-corrected chi connectivity index (χ2v) is 4.71. The van der Waals surface area contributed by atoms with Crippen molar-refractivity contribution in [2.24, 2.45) is 5.73 Å². The summed E-state index contributed by atoms with van der Waals surface area (Å²) < 4.78 is 0. The van der Waals surface area contributed by atoms with Crippen LogP contribution in [0.1, 0.15) is 15.9 Å². The Labute approximate surface area is 141 Å². The summed E-state index contributed by atoms with van der Waals surface area (Å²) in [6, 6.07) is 17.4. The molecule has 0 fully saturated rings. The number of primary amides is 1. The fourth-order valence-electron chi connectivity index (χ4n) is 2.50. The molecule has 0 bridgehead atoms. The van der Waals surface area contributed by atoms with Gasteiger partial charge in [0.05, 0.1) is 16.8 Å². The normalized spacial score (nSPS) is 9.68. The van der Waals surface area contributed by atoms with Gasteiger partial charge in [-0.1, -0.05) is 48.5 Å². The molecule has 0 aliphatic heterocycles. The van der Waals surface area contributed by atoms with Gasteiger partial charge in [0.15, 0.2) is 0 Å². The summed E-state index contributed by atoms with van der Waals surface area (Å²) in [4.78, 5) is 16.5. The van der Waals surface area contributed by atoms with E-state index in [1.54, 1.807) is 0 Å². The maximum Gasteiger partial charge on any atom is 0.249 e. The van der Waals surface area contributed by atoms with E-state index in [-0.39, 0.29) is 24.8 Å². The van der Waals surface area contributed by atoms with Gasteiger partial charge in [0.1, 0.15) is 0 Å². The molecule has 1 amide bonds. The van der Waals surface area contributed by atoms with Crippen molar-refractivity contribution in [1.29, 1.82) is 0 Å². The number of fused-ring (bicyclic) bond motifs is 1. The predicted octanol–water partition coefficient (Wildman–Crippen LogP) is 4.15. The SMILES string of the molecule is Cc1c(-c2ccccc2)nc2ccccc2c1C(N)=O.Cl.Cl. The fourth-order valence-corrected chi connectivity index (χ4v) is 2.50. The molecule has 1 heterocycles. The van der Waals surface area contributed by atoms with E-state index in [0.717, 1.165) is 27.7 Å². The molecule has 5 heteroatoms. The third-order valence-corrected chi connectivity index (χ3v) is 3.43.